The highest BCUT2D eigenvalue weighted by atomic mass is 16.6. The fourth-order valence-corrected chi connectivity index (χ4v) is 4.30. The van der Waals surface area contributed by atoms with Gasteiger partial charge in [-0.15, -0.1) is 0 Å². The van der Waals surface area contributed by atoms with Crippen molar-refractivity contribution >= 4 is 5.97 Å². The van der Waals surface area contributed by atoms with Gasteiger partial charge in [-0.3, -0.25) is 0 Å². The van der Waals surface area contributed by atoms with Crippen molar-refractivity contribution in [2.45, 2.75) is 51.0 Å². The fourth-order valence-electron chi connectivity index (χ4n) is 4.30. The van der Waals surface area contributed by atoms with Crippen LogP contribution < -0.4 is 4.90 Å². The number of benzene rings is 2. The molecule has 0 bridgehead atoms. The molecule has 1 saturated heterocycles. The lowest BCUT2D eigenvalue weighted by molar-refractivity contribution is -0.899. The van der Waals surface area contributed by atoms with Crippen LogP contribution in [0.4, 0.5) is 0 Å². The standard InChI is InChI=1S/C26H35NO3/c1-2-21-30-26(23-14-7-5-8-15-23,24-16-9-6-10-17-24)25(28)29-22-13-20-27-18-11-3-4-12-19-27/h5-10,14-17H,2-4,11-13,18-22H2,1H3/p+1. The zero-order valence-electron chi connectivity index (χ0n) is 18.3. The predicted octanol–water partition coefficient (Wildman–Crippen LogP) is 3.75. The van der Waals surface area contributed by atoms with Crippen molar-refractivity contribution < 1.29 is 19.2 Å². The van der Waals surface area contributed by atoms with Crippen molar-refractivity contribution in [3.05, 3.63) is 71.8 Å². The maximum atomic E-state index is 13.5. The van der Waals surface area contributed by atoms with Crippen LogP contribution in [0.15, 0.2) is 60.7 Å². The van der Waals surface area contributed by atoms with E-state index in [1.54, 1.807) is 4.90 Å². The summed E-state index contributed by atoms with van der Waals surface area (Å²) < 4.78 is 12.2. The third-order valence-corrected chi connectivity index (χ3v) is 5.89. The number of likely N-dealkylation sites (tertiary alicyclic amines) is 1. The summed E-state index contributed by atoms with van der Waals surface area (Å²) in [6.07, 6.45) is 7.03. The van der Waals surface area contributed by atoms with Crippen molar-refractivity contribution in [1.82, 2.24) is 0 Å². The van der Waals surface area contributed by atoms with Crippen LogP contribution in [0.25, 0.3) is 0 Å². The van der Waals surface area contributed by atoms with E-state index in [-0.39, 0.29) is 5.97 Å². The molecule has 0 atom stereocenters. The second kappa shape index (κ2) is 11.9. The summed E-state index contributed by atoms with van der Waals surface area (Å²) >= 11 is 0. The molecule has 0 aromatic heterocycles. The first kappa shape index (κ1) is 22.5. The number of nitrogens with one attached hydrogen (secondary N) is 1. The Kier molecular flexibility index (Phi) is 8.91. The molecule has 3 rings (SSSR count). The molecule has 2 aromatic rings. The fraction of sp³-hybridized carbons (Fsp3) is 0.500. The highest BCUT2D eigenvalue weighted by Gasteiger charge is 2.45. The molecule has 0 saturated carbocycles. The van der Waals surface area contributed by atoms with E-state index in [0.717, 1.165) is 30.5 Å². The van der Waals surface area contributed by atoms with Crippen molar-refractivity contribution in [3.63, 3.8) is 0 Å². The normalized spacial score (nSPS) is 15.5. The van der Waals surface area contributed by atoms with Gasteiger partial charge in [0, 0.05) is 13.0 Å². The second-order valence-corrected chi connectivity index (χ2v) is 8.17. The molecule has 2 aromatic carbocycles. The van der Waals surface area contributed by atoms with Gasteiger partial charge >= 0.3 is 5.97 Å². The molecule has 4 heteroatoms. The third-order valence-electron chi connectivity index (χ3n) is 5.89. The average Bonchev–Trinajstić information content (AvgIpc) is 3.07. The SMILES string of the molecule is CCCOC(C(=O)OCCC[NH+]1CCCCCC1)(c1ccccc1)c1ccccc1. The molecule has 1 aliphatic heterocycles. The minimum Gasteiger partial charge on any atom is -0.463 e. The van der Waals surface area contributed by atoms with Crippen molar-refractivity contribution in [2.24, 2.45) is 0 Å². The van der Waals surface area contributed by atoms with Gasteiger partial charge in [0.2, 0.25) is 5.60 Å². The molecular formula is C26H36NO3+. The van der Waals surface area contributed by atoms with Gasteiger partial charge in [-0.1, -0.05) is 67.6 Å². The topological polar surface area (TPSA) is 40.0 Å². The van der Waals surface area contributed by atoms with Gasteiger partial charge in [-0.2, -0.15) is 0 Å². The van der Waals surface area contributed by atoms with Gasteiger partial charge in [-0.05, 0) is 43.2 Å². The molecule has 0 amide bonds. The molecule has 1 aliphatic rings. The smallest absolute Gasteiger partial charge is 0.347 e. The molecule has 162 valence electrons. The first-order chi connectivity index (χ1) is 14.8. The van der Waals surface area contributed by atoms with E-state index in [4.69, 9.17) is 9.47 Å². The number of carbonyl (C=O) groups excluding carboxylic acids is 1. The maximum absolute atomic E-state index is 13.5. The van der Waals surface area contributed by atoms with Crippen LogP contribution >= 0.6 is 0 Å². The van der Waals surface area contributed by atoms with Crippen LogP contribution in [-0.4, -0.2) is 38.8 Å². The van der Waals surface area contributed by atoms with Gasteiger partial charge in [0.25, 0.3) is 0 Å². The van der Waals surface area contributed by atoms with Crippen LogP contribution in [-0.2, 0) is 19.9 Å². The number of hydrogen-bond acceptors (Lipinski definition) is 3. The first-order valence-corrected chi connectivity index (χ1v) is 11.5. The quantitative estimate of drug-likeness (QED) is 0.479. The van der Waals surface area contributed by atoms with E-state index < -0.39 is 5.60 Å². The average molecular weight is 411 g/mol. The monoisotopic (exact) mass is 410 g/mol. The predicted molar refractivity (Wildman–Crippen MR) is 120 cm³/mol. The van der Waals surface area contributed by atoms with Crippen molar-refractivity contribution in [1.29, 1.82) is 0 Å². The molecule has 1 N–H and O–H groups in total. The van der Waals surface area contributed by atoms with Gasteiger partial charge < -0.3 is 14.4 Å². The molecule has 0 aliphatic carbocycles. The summed E-state index contributed by atoms with van der Waals surface area (Å²) in [6.45, 7) is 6.51. The van der Waals surface area contributed by atoms with Gasteiger partial charge in [-0.25, -0.2) is 4.79 Å². The first-order valence-electron chi connectivity index (χ1n) is 11.5. The molecule has 1 fully saturated rings. The van der Waals surface area contributed by atoms with Crippen LogP contribution in [0.3, 0.4) is 0 Å². The summed E-state index contributed by atoms with van der Waals surface area (Å²) in [6, 6.07) is 19.5. The van der Waals surface area contributed by atoms with E-state index in [1.165, 1.54) is 38.8 Å². The summed E-state index contributed by atoms with van der Waals surface area (Å²) in [5, 5.41) is 0. The van der Waals surface area contributed by atoms with Crippen LogP contribution in [0, 0.1) is 0 Å². The Bertz CT molecular complexity index is 700. The molecule has 30 heavy (non-hydrogen) atoms. The Balaban J connectivity index is 1.74. The number of rotatable bonds is 10. The molecule has 1 heterocycles. The Morgan fingerprint density at radius 3 is 1.97 bits per heavy atom. The van der Waals surface area contributed by atoms with E-state index in [1.807, 2.05) is 60.7 Å². The number of hydrogen-bond donors (Lipinski definition) is 1. The molecular weight excluding hydrogens is 374 g/mol. The van der Waals surface area contributed by atoms with Crippen LogP contribution in [0.5, 0.6) is 0 Å². The Hall–Kier alpha value is -2.17. The maximum Gasteiger partial charge on any atom is 0.347 e. The molecule has 0 radical (unpaired) electrons. The lowest BCUT2D eigenvalue weighted by Gasteiger charge is -2.32. The zero-order chi connectivity index (χ0) is 21.1. The number of carbonyl (C=O) groups is 1. The van der Waals surface area contributed by atoms with Crippen LogP contribution in [0.2, 0.25) is 0 Å². The Morgan fingerprint density at radius 2 is 1.43 bits per heavy atom. The minimum atomic E-state index is -1.23. The van der Waals surface area contributed by atoms with E-state index in [9.17, 15) is 4.79 Å². The largest absolute Gasteiger partial charge is 0.463 e. The highest BCUT2D eigenvalue weighted by Crippen LogP contribution is 2.35. The van der Waals surface area contributed by atoms with E-state index in [0.29, 0.717) is 13.2 Å². The lowest BCUT2D eigenvalue weighted by atomic mass is 9.86. The van der Waals surface area contributed by atoms with Gasteiger partial charge in [0.05, 0.1) is 26.2 Å². The summed E-state index contributed by atoms with van der Waals surface area (Å²) in [4.78, 5) is 15.2. The summed E-state index contributed by atoms with van der Waals surface area (Å²) in [7, 11) is 0. The third kappa shape index (κ3) is 5.71. The van der Waals surface area contributed by atoms with E-state index >= 15 is 0 Å². The zero-order valence-corrected chi connectivity index (χ0v) is 18.3. The van der Waals surface area contributed by atoms with Crippen LogP contribution in [0.1, 0.15) is 56.6 Å². The van der Waals surface area contributed by atoms with Crippen molar-refractivity contribution in [3.8, 4) is 0 Å². The molecule has 4 nitrogen and oxygen atoms in total. The molecule has 0 unspecified atom stereocenters. The number of quaternary nitrogens is 1. The van der Waals surface area contributed by atoms with E-state index in [2.05, 4.69) is 6.92 Å². The lowest BCUT2D eigenvalue weighted by Crippen LogP contribution is -3.11. The Morgan fingerprint density at radius 1 is 0.867 bits per heavy atom. The Labute approximate surface area is 181 Å². The summed E-state index contributed by atoms with van der Waals surface area (Å²) in [5.74, 6) is -0.320. The highest BCUT2D eigenvalue weighted by molar-refractivity contribution is 5.85. The van der Waals surface area contributed by atoms with Gasteiger partial charge in [0.15, 0.2) is 0 Å². The van der Waals surface area contributed by atoms with Gasteiger partial charge in [0.1, 0.15) is 0 Å². The number of esters is 1. The van der Waals surface area contributed by atoms with Crippen molar-refractivity contribution in [2.75, 3.05) is 32.8 Å². The summed E-state index contributed by atoms with van der Waals surface area (Å²) in [5.41, 5.74) is 0.397. The minimum absolute atomic E-state index is 0.320. The molecule has 0 spiro atoms. The number of ether oxygens (including phenoxy) is 2. The second-order valence-electron chi connectivity index (χ2n) is 8.17.